The predicted octanol–water partition coefficient (Wildman–Crippen LogP) is 5.25. The number of fused-ring (bicyclic) bond motifs is 5. The van der Waals surface area contributed by atoms with E-state index in [0.29, 0.717) is 113 Å². The number of carbonyl (C=O) groups is 8. The van der Waals surface area contributed by atoms with E-state index in [9.17, 15) is 56.7 Å². The number of aliphatic hydroxyl groups is 1. The number of halogens is 1. The van der Waals surface area contributed by atoms with E-state index in [0.717, 1.165) is 42.5 Å². The summed E-state index contributed by atoms with van der Waals surface area (Å²) in [6.45, 7) is 9.90. The smallest absolute Gasteiger partial charge is 0.411 e. The third-order valence-corrected chi connectivity index (χ3v) is 20.1. The lowest BCUT2D eigenvalue weighted by Gasteiger charge is -2.31. The number of pyridine rings is 2. The van der Waals surface area contributed by atoms with Crippen LogP contribution in [0.2, 0.25) is 0 Å². The van der Waals surface area contributed by atoms with Gasteiger partial charge in [-0.2, -0.15) is 0 Å². The molecule has 6 heterocycles. The Bertz CT molecular complexity index is 3980. The molecular formula is C67H83FN10O15S. The molecule has 0 radical (unpaired) electrons. The van der Waals surface area contributed by atoms with Crippen molar-refractivity contribution in [1.82, 2.24) is 50.3 Å². The molecule has 3 aliphatic heterocycles. The Morgan fingerprint density at radius 2 is 1.71 bits per heavy atom. The molecule has 5 atom stereocenters. The number of aryl methyl sites for hydroxylation is 2. The highest BCUT2D eigenvalue weighted by atomic mass is 32.2. The van der Waals surface area contributed by atoms with Crippen molar-refractivity contribution in [3.05, 3.63) is 109 Å². The fourth-order valence-corrected chi connectivity index (χ4v) is 14.0. The Morgan fingerprint density at radius 1 is 0.979 bits per heavy atom. The van der Waals surface area contributed by atoms with Crippen molar-refractivity contribution in [2.24, 2.45) is 23.7 Å². The molecule has 2 fully saturated rings. The number of likely N-dealkylation sites (tertiary alicyclic amines) is 1. The lowest BCUT2D eigenvalue weighted by Crippen LogP contribution is -2.44. The predicted molar refractivity (Wildman–Crippen MR) is 339 cm³/mol. The minimum Gasteiger partial charge on any atom is -0.458 e. The molecule has 10 rings (SSSR count). The molecule has 2 aromatic carbocycles. The Hall–Kier alpha value is -8.14. The summed E-state index contributed by atoms with van der Waals surface area (Å²) >= 11 is 0. The zero-order valence-corrected chi connectivity index (χ0v) is 55.0. The minimum absolute atomic E-state index is 0.0111. The first kappa shape index (κ1) is 68.7. The summed E-state index contributed by atoms with van der Waals surface area (Å²) in [5.41, 5.74) is 2.90. The van der Waals surface area contributed by atoms with Gasteiger partial charge in [0.15, 0.2) is 11.4 Å². The largest absolute Gasteiger partial charge is 0.458 e. The highest BCUT2D eigenvalue weighted by molar-refractivity contribution is 7.90. The second kappa shape index (κ2) is 28.8. The molecule has 5 aliphatic rings. The molecule has 94 heavy (non-hydrogen) atoms. The second-order valence-electron chi connectivity index (χ2n) is 26.3. The Labute approximate surface area is 544 Å². The topological polar surface area (TPSA) is 327 Å². The number of rotatable bonds is 28. The average Bonchev–Trinajstić information content (AvgIpc) is 1.47. The van der Waals surface area contributed by atoms with Crippen molar-refractivity contribution in [2.75, 3.05) is 38.4 Å². The van der Waals surface area contributed by atoms with Gasteiger partial charge in [-0.3, -0.25) is 48.0 Å². The van der Waals surface area contributed by atoms with Crippen molar-refractivity contribution >= 4 is 68.0 Å². The van der Waals surface area contributed by atoms with E-state index < -0.39 is 87.8 Å². The highest BCUT2D eigenvalue weighted by Crippen LogP contribution is 2.46. The summed E-state index contributed by atoms with van der Waals surface area (Å²) in [6.07, 6.45) is 7.32. The number of amides is 5. The van der Waals surface area contributed by atoms with E-state index in [1.165, 1.54) is 15.5 Å². The van der Waals surface area contributed by atoms with E-state index in [4.69, 9.17) is 19.2 Å². The van der Waals surface area contributed by atoms with Crippen molar-refractivity contribution in [3.63, 3.8) is 0 Å². The van der Waals surface area contributed by atoms with Crippen LogP contribution < -0.4 is 21.5 Å². The monoisotopic (exact) mass is 1320 g/mol. The molecule has 25 nitrogen and oxygen atoms in total. The Balaban J connectivity index is 0.666. The number of hydrogen-bond donors (Lipinski definition) is 4. The number of ether oxygens (including phenoxy) is 3. The van der Waals surface area contributed by atoms with Crippen LogP contribution in [-0.4, -0.2) is 146 Å². The first-order valence-corrected chi connectivity index (χ1v) is 34.4. The molecule has 2 aliphatic carbocycles. The number of imide groups is 1. The van der Waals surface area contributed by atoms with E-state index >= 15 is 4.39 Å². The lowest BCUT2D eigenvalue weighted by molar-refractivity contribution is -0.172. The molecule has 504 valence electrons. The zero-order valence-electron chi connectivity index (χ0n) is 54.2. The van der Waals surface area contributed by atoms with Crippen LogP contribution in [0.1, 0.15) is 155 Å². The number of cyclic esters (lactones) is 1. The number of hydrogen-bond acceptors (Lipinski definition) is 19. The molecule has 0 spiro atoms. The van der Waals surface area contributed by atoms with E-state index in [2.05, 4.69) is 26.3 Å². The summed E-state index contributed by atoms with van der Waals surface area (Å²) in [5.74, 6) is -4.05. The standard InChI is InChI=1S/C67H83FN10O15S/c1-8-67(88)51-27-55-61-49(32-77(55)64(85)50(51)34-92-65(67)86)60-53(20-19-47-39(5)52(68)28-54(72-61)59(47)60)71-57(81)35-91-36-75(22-23-94(7,89)90)66(87)93-33-43-13-11-41(12-14-43)25-56(80)40(6)70-62(83)48(37(2)3)26-46(79)10-9-21-76-31-45(73-74-76)29-69-44-17-15-42(16-18-44)30-78-58(82)24-38(4)63(78)84/h11-14,27-28,31,37-38,40,42,44,48,53,69,88H,8-10,15-26,29-30,32-36H2,1-7H3,(H,70,83)(H,71,81)/t38?,40-,42?,44?,48-,53-,67-/m0/s1. The zero-order chi connectivity index (χ0) is 67.5. The third kappa shape index (κ3) is 15.3. The van der Waals surface area contributed by atoms with Crippen molar-refractivity contribution in [2.45, 2.75) is 175 Å². The van der Waals surface area contributed by atoms with Gasteiger partial charge in [-0.15, -0.1) is 5.10 Å². The maximum Gasteiger partial charge on any atom is 0.411 e. The van der Waals surface area contributed by atoms with Crippen LogP contribution >= 0.6 is 0 Å². The number of nitrogens with zero attached hydrogens (tertiary/aromatic N) is 7. The fraction of sp³-hybridized carbons (Fsp3) is 0.552. The van der Waals surface area contributed by atoms with Gasteiger partial charge in [0.05, 0.1) is 52.5 Å². The second-order valence-corrected chi connectivity index (χ2v) is 28.6. The summed E-state index contributed by atoms with van der Waals surface area (Å²) in [5, 5.41) is 30.0. The van der Waals surface area contributed by atoms with Gasteiger partial charge in [0, 0.05) is 105 Å². The number of nitrogens with one attached hydrogen (secondary N) is 3. The van der Waals surface area contributed by atoms with Crippen molar-refractivity contribution in [1.29, 1.82) is 0 Å². The van der Waals surface area contributed by atoms with Crippen LogP contribution in [0, 0.1) is 36.4 Å². The molecule has 3 aromatic heterocycles. The Morgan fingerprint density at radius 3 is 2.40 bits per heavy atom. The number of Topliss-reactive ketones (excluding diaryl/α,β-unsaturated/α-hetero) is 2. The van der Waals surface area contributed by atoms with Crippen molar-refractivity contribution < 1.29 is 70.5 Å². The van der Waals surface area contributed by atoms with Crippen LogP contribution in [0.3, 0.4) is 0 Å². The minimum atomic E-state index is -3.58. The van der Waals surface area contributed by atoms with Crippen LogP contribution in [0.5, 0.6) is 0 Å². The van der Waals surface area contributed by atoms with Gasteiger partial charge in [0.1, 0.15) is 48.0 Å². The summed E-state index contributed by atoms with van der Waals surface area (Å²) < 4.78 is 59.7. The molecule has 1 saturated heterocycles. The van der Waals surface area contributed by atoms with Crippen LogP contribution in [0.15, 0.2) is 47.4 Å². The quantitative estimate of drug-likeness (QED) is 0.0277. The molecular weight excluding hydrogens is 1240 g/mol. The number of ketones is 2. The number of benzene rings is 2. The SMILES string of the molecule is CC[C@@]1(O)C(=O)OCc2c1cc1n(c2=O)Cc2c-1nc1cc(F)c(C)c3c1c2[C@@H](NC(=O)COCN(CCS(C)(=O)=O)C(=O)OCc1ccc(CC(=O)[C@H](C)NC(=O)[C@@H](CC(=O)CCCn2cc(CNC4CCC(CN5C(=O)CC(C)C5=O)CC4)nn2)C(C)C)cc1)CC3. The first-order chi connectivity index (χ1) is 44.7. The van der Waals surface area contributed by atoms with Crippen LogP contribution in [0.25, 0.3) is 22.3 Å². The fourth-order valence-electron chi connectivity index (χ4n) is 13.5. The lowest BCUT2D eigenvalue weighted by atomic mass is 9.81. The maximum atomic E-state index is 15.5. The van der Waals surface area contributed by atoms with Gasteiger partial charge in [-0.25, -0.2) is 27.4 Å². The van der Waals surface area contributed by atoms with Crippen molar-refractivity contribution in [3.8, 4) is 11.4 Å². The number of esters is 1. The summed E-state index contributed by atoms with van der Waals surface area (Å²) in [4.78, 5) is 126. The Kier molecular flexibility index (Phi) is 21.1. The van der Waals surface area contributed by atoms with Crippen LogP contribution in [-0.2, 0) is 109 Å². The molecule has 1 saturated carbocycles. The molecule has 5 aromatic rings. The van der Waals surface area contributed by atoms with Gasteiger partial charge in [0.2, 0.25) is 23.6 Å². The molecule has 4 N–H and O–H groups in total. The molecule has 27 heteroatoms. The van der Waals surface area contributed by atoms with Gasteiger partial charge in [-0.05, 0) is 111 Å². The highest BCUT2D eigenvalue weighted by Gasteiger charge is 2.46. The van der Waals surface area contributed by atoms with E-state index in [1.54, 1.807) is 62.7 Å². The molecule has 0 bridgehead atoms. The summed E-state index contributed by atoms with van der Waals surface area (Å²) in [7, 11) is -3.58. The third-order valence-electron chi connectivity index (χ3n) is 19.1. The van der Waals surface area contributed by atoms with Gasteiger partial charge < -0.3 is 39.8 Å². The molecule has 5 amide bonds. The van der Waals surface area contributed by atoms with Crippen LogP contribution in [0.4, 0.5) is 9.18 Å². The van der Waals surface area contributed by atoms with E-state index in [-0.39, 0.29) is 98.3 Å². The summed E-state index contributed by atoms with van der Waals surface area (Å²) in [6, 6.07) is 8.28. The average molecular weight is 1320 g/mol. The van der Waals surface area contributed by atoms with Gasteiger partial charge in [-0.1, -0.05) is 57.2 Å². The number of aromatic nitrogens is 5. The molecule has 1 unspecified atom stereocenters. The number of sulfone groups is 1. The van der Waals surface area contributed by atoms with E-state index in [1.807, 2.05) is 20.0 Å². The first-order valence-electron chi connectivity index (χ1n) is 32.4. The van der Waals surface area contributed by atoms with Gasteiger partial charge >= 0.3 is 12.1 Å². The number of carbonyl (C=O) groups excluding carboxylic acids is 8. The maximum absolute atomic E-state index is 15.5. The van der Waals surface area contributed by atoms with Gasteiger partial charge in [0.25, 0.3) is 5.56 Å². The normalized spacial score (nSPS) is 20.5.